The largest absolute Gasteiger partial charge is 0.508 e. The number of nitrogens with zero attached hydrogens (tertiary/aromatic N) is 2. The maximum atomic E-state index is 14.1. The van der Waals surface area contributed by atoms with Crippen molar-refractivity contribution in [3.05, 3.63) is 29.8 Å². The molecule has 3 amide bonds. The summed E-state index contributed by atoms with van der Waals surface area (Å²) in [4.78, 5) is 46.0. The SMILES string of the molecule is CC(C)C[C@@H](NC(=O)[C@H](O)Cc1ccc(O)cc1)C(=O)N1[C@H](C(=O)NCCCCN=C(N)N)C[C@@H]2CC[C@@H](O)C[C@@H]21. The Bertz CT molecular complexity index is 1060. The summed E-state index contributed by atoms with van der Waals surface area (Å²) in [5, 5.41) is 36.2. The first-order valence-corrected chi connectivity index (χ1v) is 14.6. The lowest BCUT2D eigenvalue weighted by Crippen LogP contribution is -2.58. The van der Waals surface area contributed by atoms with E-state index in [1.54, 1.807) is 17.0 Å². The highest BCUT2D eigenvalue weighted by molar-refractivity contribution is 5.93. The molecule has 6 atom stereocenters. The lowest BCUT2D eigenvalue weighted by atomic mass is 9.83. The number of aliphatic hydroxyl groups excluding tert-OH is 2. The van der Waals surface area contributed by atoms with Crippen LogP contribution in [0, 0.1) is 11.8 Å². The molecule has 1 aliphatic heterocycles. The van der Waals surface area contributed by atoms with Gasteiger partial charge in [-0.1, -0.05) is 26.0 Å². The Labute approximate surface area is 241 Å². The monoisotopic (exact) mass is 574 g/mol. The molecule has 1 aromatic carbocycles. The summed E-state index contributed by atoms with van der Waals surface area (Å²) in [6.45, 7) is 4.74. The summed E-state index contributed by atoms with van der Waals surface area (Å²) < 4.78 is 0. The zero-order chi connectivity index (χ0) is 30.1. The predicted molar refractivity (Wildman–Crippen MR) is 155 cm³/mol. The van der Waals surface area contributed by atoms with E-state index < -0.39 is 30.2 Å². The number of unbranched alkanes of at least 4 members (excludes halogenated alkanes) is 1. The van der Waals surface area contributed by atoms with Crippen molar-refractivity contribution in [2.75, 3.05) is 13.1 Å². The van der Waals surface area contributed by atoms with Gasteiger partial charge in [-0.05, 0) is 74.5 Å². The van der Waals surface area contributed by atoms with Crippen molar-refractivity contribution in [3.63, 3.8) is 0 Å². The van der Waals surface area contributed by atoms with Gasteiger partial charge in [0.2, 0.25) is 17.7 Å². The highest BCUT2D eigenvalue weighted by atomic mass is 16.3. The lowest BCUT2D eigenvalue weighted by Gasteiger charge is -2.38. The average Bonchev–Trinajstić information content (AvgIpc) is 3.29. The van der Waals surface area contributed by atoms with E-state index in [0.717, 1.165) is 0 Å². The van der Waals surface area contributed by atoms with E-state index in [4.69, 9.17) is 11.5 Å². The highest BCUT2D eigenvalue weighted by Gasteiger charge is 2.50. The van der Waals surface area contributed by atoms with E-state index in [1.165, 1.54) is 12.1 Å². The van der Waals surface area contributed by atoms with Crippen molar-refractivity contribution >= 4 is 23.7 Å². The molecule has 3 rings (SSSR count). The molecule has 12 heteroatoms. The first kappa shape index (κ1) is 32.1. The summed E-state index contributed by atoms with van der Waals surface area (Å²) in [7, 11) is 0. The van der Waals surface area contributed by atoms with E-state index in [-0.39, 0.29) is 47.8 Å². The van der Waals surface area contributed by atoms with Crippen LogP contribution < -0.4 is 22.1 Å². The Kier molecular flexibility index (Phi) is 11.8. The number of nitrogens with one attached hydrogen (secondary N) is 2. The zero-order valence-corrected chi connectivity index (χ0v) is 24.0. The zero-order valence-electron chi connectivity index (χ0n) is 24.0. The Balaban J connectivity index is 1.72. The van der Waals surface area contributed by atoms with Gasteiger partial charge in [0, 0.05) is 25.6 Å². The summed E-state index contributed by atoms with van der Waals surface area (Å²) in [6.07, 6.45) is 1.95. The molecular weight excluding hydrogens is 528 g/mol. The van der Waals surface area contributed by atoms with Gasteiger partial charge in [-0.3, -0.25) is 19.4 Å². The molecule has 1 saturated heterocycles. The molecule has 2 aliphatic rings. The molecule has 9 N–H and O–H groups in total. The number of aliphatic hydroxyl groups is 2. The number of hydrogen-bond donors (Lipinski definition) is 7. The number of phenolic OH excluding ortho intramolecular Hbond substituents is 1. The topological polar surface area (TPSA) is 204 Å². The third-order valence-electron chi connectivity index (χ3n) is 7.87. The van der Waals surface area contributed by atoms with Crippen LogP contribution in [0.4, 0.5) is 0 Å². The van der Waals surface area contributed by atoms with Gasteiger partial charge < -0.3 is 42.3 Å². The summed E-state index contributed by atoms with van der Waals surface area (Å²) in [5.41, 5.74) is 11.3. The Morgan fingerprint density at radius 3 is 2.46 bits per heavy atom. The standard InChI is InChI=1S/C29H46N6O6/c1-17(2)13-22(34-27(40)25(38)14-18-5-8-20(36)9-6-18)28(41)35-23-16-21(37)10-7-19(23)15-24(35)26(39)32-11-3-4-12-33-29(30)31/h5-6,8-9,17,19,21-25,36-38H,3-4,7,10-16H2,1-2H3,(H,32,39)(H,34,40)(H4,30,31,33)/t19-,21+,22+,23-,24-,25+/m0/s1. The van der Waals surface area contributed by atoms with Gasteiger partial charge >= 0.3 is 0 Å². The number of carbonyl (C=O) groups excluding carboxylic acids is 3. The molecule has 12 nitrogen and oxygen atoms in total. The second kappa shape index (κ2) is 15.0. The molecule has 2 fully saturated rings. The third kappa shape index (κ3) is 9.32. The van der Waals surface area contributed by atoms with Crippen molar-refractivity contribution < 1.29 is 29.7 Å². The summed E-state index contributed by atoms with van der Waals surface area (Å²) in [5.74, 6) is -1.09. The number of amides is 3. The van der Waals surface area contributed by atoms with Crippen LogP contribution in [-0.2, 0) is 20.8 Å². The number of benzene rings is 1. The molecule has 0 unspecified atom stereocenters. The summed E-state index contributed by atoms with van der Waals surface area (Å²) >= 11 is 0. The van der Waals surface area contributed by atoms with E-state index in [2.05, 4.69) is 15.6 Å². The number of aliphatic imine (C=N–C) groups is 1. The molecule has 1 heterocycles. The normalized spacial score (nSPS) is 23.4. The van der Waals surface area contributed by atoms with Crippen LogP contribution >= 0.6 is 0 Å². The van der Waals surface area contributed by atoms with E-state index in [1.807, 2.05) is 13.8 Å². The minimum atomic E-state index is -1.40. The molecule has 1 aromatic rings. The average molecular weight is 575 g/mol. The van der Waals surface area contributed by atoms with Gasteiger partial charge in [0.05, 0.1) is 6.10 Å². The van der Waals surface area contributed by atoms with Gasteiger partial charge in [0.15, 0.2) is 5.96 Å². The second-order valence-electron chi connectivity index (χ2n) is 11.7. The van der Waals surface area contributed by atoms with Crippen molar-refractivity contribution in [3.8, 4) is 5.75 Å². The predicted octanol–water partition coefficient (Wildman–Crippen LogP) is 0.127. The first-order valence-electron chi connectivity index (χ1n) is 14.6. The van der Waals surface area contributed by atoms with Crippen LogP contribution in [0.2, 0.25) is 0 Å². The minimum Gasteiger partial charge on any atom is -0.508 e. The number of rotatable bonds is 13. The molecule has 0 spiro atoms. The van der Waals surface area contributed by atoms with Gasteiger partial charge in [0.1, 0.15) is 23.9 Å². The molecular formula is C29H46N6O6. The highest BCUT2D eigenvalue weighted by Crippen LogP contribution is 2.40. The number of phenols is 1. The molecule has 228 valence electrons. The van der Waals surface area contributed by atoms with Gasteiger partial charge in [-0.25, -0.2) is 0 Å². The number of hydrogen-bond acceptors (Lipinski definition) is 7. The number of carbonyl (C=O) groups is 3. The molecule has 0 radical (unpaired) electrons. The van der Waals surface area contributed by atoms with Crippen molar-refractivity contribution in [1.82, 2.24) is 15.5 Å². The minimum absolute atomic E-state index is 0.0174. The van der Waals surface area contributed by atoms with Gasteiger partial charge in [0.25, 0.3) is 0 Å². The maximum Gasteiger partial charge on any atom is 0.249 e. The fourth-order valence-corrected chi connectivity index (χ4v) is 5.85. The van der Waals surface area contributed by atoms with Crippen LogP contribution in [-0.4, -0.2) is 87.3 Å². The molecule has 1 saturated carbocycles. The number of aromatic hydroxyl groups is 1. The fourth-order valence-electron chi connectivity index (χ4n) is 5.85. The quantitative estimate of drug-likeness (QED) is 0.0977. The Morgan fingerprint density at radius 1 is 1.10 bits per heavy atom. The molecule has 41 heavy (non-hydrogen) atoms. The van der Waals surface area contributed by atoms with Crippen LogP contribution in [0.15, 0.2) is 29.3 Å². The van der Waals surface area contributed by atoms with Crippen LogP contribution in [0.1, 0.15) is 64.4 Å². The Hall–Kier alpha value is -3.38. The van der Waals surface area contributed by atoms with Crippen molar-refractivity contribution in [2.24, 2.45) is 28.3 Å². The van der Waals surface area contributed by atoms with Gasteiger partial charge in [-0.2, -0.15) is 0 Å². The van der Waals surface area contributed by atoms with Crippen LogP contribution in [0.3, 0.4) is 0 Å². The number of likely N-dealkylation sites (tertiary alicyclic amines) is 1. The van der Waals surface area contributed by atoms with E-state index >= 15 is 0 Å². The van der Waals surface area contributed by atoms with Gasteiger partial charge in [-0.15, -0.1) is 0 Å². The smallest absolute Gasteiger partial charge is 0.249 e. The molecule has 0 aromatic heterocycles. The molecule has 0 bridgehead atoms. The number of nitrogens with two attached hydrogens (primary N) is 2. The first-order chi connectivity index (χ1) is 19.5. The van der Waals surface area contributed by atoms with E-state index in [9.17, 15) is 29.7 Å². The van der Waals surface area contributed by atoms with E-state index in [0.29, 0.717) is 63.6 Å². The Morgan fingerprint density at radius 2 is 1.80 bits per heavy atom. The van der Waals surface area contributed by atoms with Crippen molar-refractivity contribution in [2.45, 2.75) is 95.5 Å². The van der Waals surface area contributed by atoms with Crippen LogP contribution in [0.25, 0.3) is 0 Å². The third-order valence-corrected chi connectivity index (χ3v) is 7.87. The fraction of sp³-hybridized carbons (Fsp3) is 0.655. The van der Waals surface area contributed by atoms with Crippen molar-refractivity contribution in [1.29, 1.82) is 0 Å². The van der Waals surface area contributed by atoms with Crippen LogP contribution in [0.5, 0.6) is 5.75 Å². The summed E-state index contributed by atoms with van der Waals surface area (Å²) in [6, 6.07) is 4.22. The number of guanidine groups is 1. The molecule has 1 aliphatic carbocycles. The lowest BCUT2D eigenvalue weighted by molar-refractivity contribution is -0.145. The number of fused-ring (bicyclic) bond motifs is 1. The second-order valence-corrected chi connectivity index (χ2v) is 11.7. The maximum absolute atomic E-state index is 14.1.